The van der Waals surface area contributed by atoms with Gasteiger partial charge in [-0.05, 0) is 12.7 Å². The maximum Gasteiger partial charge on any atom is 0.241 e. The Balaban J connectivity index is 0.00000529. The van der Waals surface area contributed by atoms with Crippen molar-refractivity contribution in [2.45, 2.75) is 19.9 Å². The standard InChI is InChI=1S/C15H28N6OS.HI/c1-6-13-12(11-21(4)19-13)9-17-15(16-7-8-23-5)18-10-14(22)20(2)3;/h11H,6-10H2,1-5H3,(H2,16,17,18);1H. The van der Waals surface area contributed by atoms with Crippen molar-refractivity contribution in [3.8, 4) is 0 Å². The van der Waals surface area contributed by atoms with Crippen molar-refractivity contribution < 1.29 is 4.79 Å². The molecule has 0 aromatic carbocycles. The minimum Gasteiger partial charge on any atom is -0.356 e. The maximum atomic E-state index is 11.7. The highest BCUT2D eigenvalue weighted by atomic mass is 127. The zero-order valence-corrected chi connectivity index (χ0v) is 18.3. The highest BCUT2D eigenvalue weighted by Crippen LogP contribution is 2.08. The van der Waals surface area contributed by atoms with Gasteiger partial charge in [-0.1, -0.05) is 6.92 Å². The van der Waals surface area contributed by atoms with Crippen LogP contribution in [0.5, 0.6) is 0 Å². The first kappa shape index (κ1) is 23.0. The average Bonchev–Trinajstić information content (AvgIpc) is 2.89. The molecular weight excluding hydrogens is 439 g/mol. The zero-order valence-electron chi connectivity index (χ0n) is 15.1. The Hall–Kier alpha value is -0.970. The first-order chi connectivity index (χ1) is 11.0. The van der Waals surface area contributed by atoms with E-state index in [0.717, 1.165) is 30.0 Å². The molecule has 0 saturated carbocycles. The average molecular weight is 468 g/mol. The van der Waals surface area contributed by atoms with E-state index in [1.807, 2.05) is 17.9 Å². The Morgan fingerprint density at radius 3 is 2.71 bits per heavy atom. The molecule has 7 nitrogen and oxygen atoms in total. The van der Waals surface area contributed by atoms with Crippen molar-refractivity contribution in [3.05, 3.63) is 17.5 Å². The molecule has 138 valence electrons. The van der Waals surface area contributed by atoms with Crippen LogP contribution in [0.25, 0.3) is 0 Å². The molecule has 2 N–H and O–H groups in total. The molecule has 1 heterocycles. The van der Waals surface area contributed by atoms with Crippen LogP contribution in [-0.2, 0) is 24.8 Å². The van der Waals surface area contributed by atoms with Crippen LogP contribution >= 0.6 is 35.7 Å². The predicted molar refractivity (Wildman–Crippen MR) is 112 cm³/mol. The number of aliphatic imine (C=N–C) groups is 1. The van der Waals surface area contributed by atoms with Gasteiger partial charge >= 0.3 is 0 Å². The van der Waals surface area contributed by atoms with E-state index in [4.69, 9.17) is 0 Å². The van der Waals surface area contributed by atoms with Gasteiger partial charge in [-0.2, -0.15) is 16.9 Å². The lowest BCUT2D eigenvalue weighted by atomic mass is 10.2. The fourth-order valence-corrected chi connectivity index (χ4v) is 2.25. The van der Waals surface area contributed by atoms with Crippen molar-refractivity contribution in [2.75, 3.05) is 39.2 Å². The molecule has 0 fully saturated rings. The SMILES string of the molecule is CCc1nn(C)cc1CN=C(NCCSC)NCC(=O)N(C)C.I. The van der Waals surface area contributed by atoms with Crippen LogP contribution in [0.15, 0.2) is 11.2 Å². The number of carbonyl (C=O) groups excluding carboxylic acids is 1. The summed E-state index contributed by atoms with van der Waals surface area (Å²) in [6, 6.07) is 0. The number of hydrogen-bond acceptors (Lipinski definition) is 4. The first-order valence-electron chi connectivity index (χ1n) is 7.70. The lowest BCUT2D eigenvalue weighted by Gasteiger charge is -2.14. The van der Waals surface area contributed by atoms with Gasteiger partial charge < -0.3 is 15.5 Å². The number of aryl methyl sites for hydroxylation is 2. The van der Waals surface area contributed by atoms with E-state index in [2.05, 4.69) is 33.9 Å². The lowest BCUT2D eigenvalue weighted by Crippen LogP contribution is -2.43. The summed E-state index contributed by atoms with van der Waals surface area (Å²) in [5.41, 5.74) is 2.17. The molecule has 0 aliphatic carbocycles. The monoisotopic (exact) mass is 468 g/mol. The minimum atomic E-state index is 0. The van der Waals surface area contributed by atoms with Crippen LogP contribution in [0.2, 0.25) is 0 Å². The molecule has 0 spiro atoms. The van der Waals surface area contributed by atoms with Gasteiger partial charge in [0.05, 0.1) is 18.8 Å². The van der Waals surface area contributed by atoms with Crippen LogP contribution in [0.1, 0.15) is 18.2 Å². The summed E-state index contributed by atoms with van der Waals surface area (Å²) < 4.78 is 1.81. The Labute approximate surface area is 166 Å². The van der Waals surface area contributed by atoms with Gasteiger partial charge in [0.1, 0.15) is 0 Å². The number of thioether (sulfide) groups is 1. The number of carbonyl (C=O) groups is 1. The van der Waals surface area contributed by atoms with Crippen molar-refractivity contribution in [1.82, 2.24) is 25.3 Å². The second kappa shape index (κ2) is 12.4. The number of nitrogens with zero attached hydrogens (tertiary/aromatic N) is 4. The van der Waals surface area contributed by atoms with Gasteiger partial charge in [0, 0.05) is 45.2 Å². The molecule has 0 saturated heterocycles. The van der Waals surface area contributed by atoms with Gasteiger partial charge in [-0.3, -0.25) is 9.48 Å². The summed E-state index contributed by atoms with van der Waals surface area (Å²) >= 11 is 1.76. The molecule has 1 aromatic heterocycles. The zero-order chi connectivity index (χ0) is 17.2. The fraction of sp³-hybridized carbons (Fsp3) is 0.667. The third-order valence-electron chi connectivity index (χ3n) is 3.24. The van der Waals surface area contributed by atoms with E-state index in [1.165, 1.54) is 0 Å². The number of amides is 1. The number of aromatic nitrogens is 2. The van der Waals surface area contributed by atoms with E-state index in [-0.39, 0.29) is 36.4 Å². The maximum absolute atomic E-state index is 11.7. The normalized spacial score (nSPS) is 11.0. The van der Waals surface area contributed by atoms with Crippen molar-refractivity contribution in [1.29, 1.82) is 0 Å². The van der Waals surface area contributed by atoms with Crippen LogP contribution in [0.4, 0.5) is 0 Å². The van der Waals surface area contributed by atoms with Crippen LogP contribution < -0.4 is 10.6 Å². The number of rotatable bonds is 8. The highest BCUT2D eigenvalue weighted by molar-refractivity contribution is 14.0. The van der Waals surface area contributed by atoms with Crippen LogP contribution in [0.3, 0.4) is 0 Å². The molecule has 0 unspecified atom stereocenters. The molecule has 0 aliphatic rings. The van der Waals surface area contributed by atoms with E-state index in [9.17, 15) is 4.79 Å². The molecule has 1 rings (SSSR count). The molecule has 0 atom stereocenters. The summed E-state index contributed by atoms with van der Waals surface area (Å²) in [6.45, 7) is 3.66. The molecule has 0 radical (unpaired) electrons. The molecule has 1 amide bonds. The second-order valence-electron chi connectivity index (χ2n) is 5.35. The van der Waals surface area contributed by atoms with E-state index in [1.54, 1.807) is 30.8 Å². The van der Waals surface area contributed by atoms with Crippen LogP contribution in [0, 0.1) is 0 Å². The third kappa shape index (κ3) is 8.22. The number of halogens is 1. The molecular formula is C15H29IN6OS. The Kier molecular flexibility index (Phi) is 11.9. The van der Waals surface area contributed by atoms with Gasteiger partial charge in [0.25, 0.3) is 0 Å². The number of likely N-dealkylation sites (N-methyl/N-ethyl adjacent to an activating group) is 1. The van der Waals surface area contributed by atoms with Gasteiger partial charge in [-0.15, -0.1) is 24.0 Å². The third-order valence-corrected chi connectivity index (χ3v) is 3.85. The Morgan fingerprint density at radius 1 is 1.42 bits per heavy atom. The lowest BCUT2D eigenvalue weighted by molar-refractivity contribution is -0.127. The predicted octanol–water partition coefficient (Wildman–Crippen LogP) is 1.09. The summed E-state index contributed by atoms with van der Waals surface area (Å²) in [7, 11) is 5.40. The Morgan fingerprint density at radius 2 is 2.12 bits per heavy atom. The summed E-state index contributed by atoms with van der Waals surface area (Å²) in [5, 5.41) is 10.8. The second-order valence-corrected chi connectivity index (χ2v) is 6.34. The topological polar surface area (TPSA) is 74.5 Å². The largest absolute Gasteiger partial charge is 0.356 e. The number of nitrogens with one attached hydrogen (secondary N) is 2. The first-order valence-corrected chi connectivity index (χ1v) is 9.10. The summed E-state index contributed by atoms with van der Waals surface area (Å²) in [5.74, 6) is 1.65. The van der Waals surface area contributed by atoms with E-state index in [0.29, 0.717) is 12.5 Å². The molecule has 0 aliphatic heterocycles. The van der Waals surface area contributed by atoms with Crippen LogP contribution in [-0.4, -0.2) is 65.7 Å². The Bertz CT molecular complexity index is 532. The smallest absolute Gasteiger partial charge is 0.241 e. The highest BCUT2D eigenvalue weighted by Gasteiger charge is 2.08. The minimum absolute atomic E-state index is 0. The quantitative estimate of drug-likeness (QED) is 0.259. The van der Waals surface area contributed by atoms with Crippen molar-refractivity contribution in [3.63, 3.8) is 0 Å². The van der Waals surface area contributed by atoms with Crippen molar-refractivity contribution >= 4 is 47.6 Å². The number of guanidine groups is 1. The van der Waals surface area contributed by atoms with Gasteiger partial charge in [0.2, 0.25) is 5.91 Å². The summed E-state index contributed by atoms with van der Waals surface area (Å²) in [4.78, 5) is 17.9. The molecule has 1 aromatic rings. The summed E-state index contributed by atoms with van der Waals surface area (Å²) in [6.07, 6.45) is 4.94. The number of hydrogen-bond donors (Lipinski definition) is 2. The van der Waals surface area contributed by atoms with Crippen molar-refractivity contribution in [2.24, 2.45) is 12.0 Å². The molecule has 9 heteroatoms. The van der Waals surface area contributed by atoms with E-state index < -0.39 is 0 Å². The molecule has 0 bridgehead atoms. The molecule has 24 heavy (non-hydrogen) atoms. The van der Waals surface area contributed by atoms with E-state index >= 15 is 0 Å². The van der Waals surface area contributed by atoms with Gasteiger partial charge in [-0.25, -0.2) is 4.99 Å². The fourth-order valence-electron chi connectivity index (χ4n) is 1.94. The van der Waals surface area contributed by atoms with Gasteiger partial charge in [0.15, 0.2) is 5.96 Å².